The number of anilines is 1. The van der Waals surface area contributed by atoms with Crippen LogP contribution in [-0.2, 0) is 11.3 Å². The summed E-state index contributed by atoms with van der Waals surface area (Å²) in [5.41, 5.74) is 7.64. The number of benzene rings is 1. The lowest BCUT2D eigenvalue weighted by atomic mass is 10.2. The fourth-order valence-electron chi connectivity index (χ4n) is 1.76. The minimum atomic E-state index is 0.0438. The molecule has 0 bridgehead atoms. The van der Waals surface area contributed by atoms with Gasteiger partial charge < -0.3 is 11.1 Å². The van der Waals surface area contributed by atoms with Crippen molar-refractivity contribution in [3.8, 4) is 0 Å². The summed E-state index contributed by atoms with van der Waals surface area (Å²) >= 11 is 0. The van der Waals surface area contributed by atoms with Crippen LogP contribution in [0.1, 0.15) is 18.9 Å². The van der Waals surface area contributed by atoms with Crippen molar-refractivity contribution < 1.29 is 4.79 Å². The van der Waals surface area contributed by atoms with Gasteiger partial charge in [-0.3, -0.25) is 9.69 Å². The second-order valence-electron chi connectivity index (χ2n) is 4.13. The zero-order valence-electron chi connectivity index (χ0n) is 10.6. The Hall–Kier alpha value is -1.55. The van der Waals surface area contributed by atoms with Gasteiger partial charge in [-0.15, -0.1) is 0 Å². The van der Waals surface area contributed by atoms with Crippen LogP contribution in [0.2, 0.25) is 0 Å². The normalized spacial score (nSPS) is 10.5. The van der Waals surface area contributed by atoms with Crippen molar-refractivity contribution in [2.75, 3.05) is 25.9 Å². The molecule has 0 fully saturated rings. The van der Waals surface area contributed by atoms with Gasteiger partial charge in [0.25, 0.3) is 0 Å². The molecule has 0 saturated heterocycles. The largest absolute Gasteiger partial charge is 0.399 e. The first-order chi connectivity index (χ1) is 8.15. The van der Waals surface area contributed by atoms with Crippen molar-refractivity contribution in [3.63, 3.8) is 0 Å². The van der Waals surface area contributed by atoms with Gasteiger partial charge in [-0.25, -0.2) is 0 Å². The Morgan fingerprint density at radius 1 is 1.47 bits per heavy atom. The molecule has 0 heterocycles. The first-order valence-corrected chi connectivity index (χ1v) is 5.93. The molecule has 94 valence electrons. The summed E-state index contributed by atoms with van der Waals surface area (Å²) in [4.78, 5) is 13.5. The SMILES string of the molecule is CCCN(CC(=O)NC)Cc1cccc(N)c1. The Morgan fingerprint density at radius 3 is 2.82 bits per heavy atom. The summed E-state index contributed by atoms with van der Waals surface area (Å²) in [6.07, 6.45) is 1.03. The van der Waals surface area contributed by atoms with Gasteiger partial charge in [0, 0.05) is 19.3 Å². The molecule has 0 spiro atoms. The maximum atomic E-state index is 11.4. The van der Waals surface area contributed by atoms with Crippen LogP contribution in [-0.4, -0.2) is 30.9 Å². The van der Waals surface area contributed by atoms with E-state index in [9.17, 15) is 4.79 Å². The summed E-state index contributed by atoms with van der Waals surface area (Å²) in [5.74, 6) is 0.0438. The third kappa shape index (κ3) is 4.87. The van der Waals surface area contributed by atoms with Crippen LogP contribution in [0.15, 0.2) is 24.3 Å². The highest BCUT2D eigenvalue weighted by Gasteiger charge is 2.09. The number of amides is 1. The molecular weight excluding hydrogens is 214 g/mol. The van der Waals surface area contributed by atoms with Crippen molar-refractivity contribution in [3.05, 3.63) is 29.8 Å². The third-order valence-electron chi connectivity index (χ3n) is 2.54. The minimum Gasteiger partial charge on any atom is -0.399 e. The molecule has 0 radical (unpaired) electrons. The van der Waals surface area contributed by atoms with Crippen LogP contribution in [0.4, 0.5) is 5.69 Å². The molecule has 0 atom stereocenters. The number of hydrogen-bond donors (Lipinski definition) is 2. The lowest BCUT2D eigenvalue weighted by Crippen LogP contribution is -2.35. The molecule has 4 nitrogen and oxygen atoms in total. The van der Waals surface area contributed by atoms with E-state index in [2.05, 4.69) is 17.1 Å². The number of rotatable bonds is 6. The highest BCUT2D eigenvalue weighted by atomic mass is 16.1. The van der Waals surface area contributed by atoms with Gasteiger partial charge in [0.05, 0.1) is 6.54 Å². The maximum absolute atomic E-state index is 11.4. The highest BCUT2D eigenvalue weighted by Crippen LogP contribution is 2.09. The number of nitrogens with two attached hydrogens (primary N) is 1. The molecule has 17 heavy (non-hydrogen) atoms. The van der Waals surface area contributed by atoms with Crippen LogP contribution >= 0.6 is 0 Å². The average molecular weight is 235 g/mol. The van der Waals surface area contributed by atoms with Crippen LogP contribution in [0.25, 0.3) is 0 Å². The molecule has 0 aromatic heterocycles. The van der Waals surface area contributed by atoms with E-state index in [1.54, 1.807) is 7.05 Å². The number of carbonyl (C=O) groups is 1. The molecule has 1 aromatic carbocycles. The Bertz CT molecular complexity index is 365. The molecule has 0 aliphatic carbocycles. The molecule has 1 aromatic rings. The van der Waals surface area contributed by atoms with Gasteiger partial charge >= 0.3 is 0 Å². The van der Waals surface area contributed by atoms with Gasteiger partial charge in [0.2, 0.25) is 5.91 Å². The molecule has 1 rings (SSSR count). The first-order valence-electron chi connectivity index (χ1n) is 5.93. The lowest BCUT2D eigenvalue weighted by molar-refractivity contribution is -0.121. The molecule has 1 amide bonds. The number of carbonyl (C=O) groups excluding carboxylic acids is 1. The maximum Gasteiger partial charge on any atom is 0.233 e. The van der Waals surface area contributed by atoms with Crippen LogP contribution < -0.4 is 11.1 Å². The second-order valence-corrected chi connectivity index (χ2v) is 4.13. The van der Waals surface area contributed by atoms with Crippen LogP contribution in [0.5, 0.6) is 0 Å². The molecule has 3 N–H and O–H groups in total. The predicted molar refractivity (Wildman–Crippen MR) is 70.5 cm³/mol. The fraction of sp³-hybridized carbons (Fsp3) is 0.462. The van der Waals surface area contributed by atoms with Crippen molar-refractivity contribution >= 4 is 11.6 Å². The van der Waals surface area contributed by atoms with E-state index < -0.39 is 0 Å². The van der Waals surface area contributed by atoms with E-state index in [1.165, 1.54) is 0 Å². The van der Waals surface area contributed by atoms with E-state index in [1.807, 2.05) is 24.3 Å². The van der Waals surface area contributed by atoms with E-state index in [4.69, 9.17) is 5.73 Å². The number of hydrogen-bond acceptors (Lipinski definition) is 3. The summed E-state index contributed by atoms with van der Waals surface area (Å²) in [7, 11) is 1.66. The third-order valence-corrected chi connectivity index (χ3v) is 2.54. The number of nitrogens with one attached hydrogen (secondary N) is 1. The Morgan fingerprint density at radius 2 is 2.24 bits per heavy atom. The van der Waals surface area contributed by atoms with Crippen molar-refractivity contribution in [1.82, 2.24) is 10.2 Å². The topological polar surface area (TPSA) is 58.4 Å². The molecule has 0 aliphatic heterocycles. The number of nitrogens with zero attached hydrogens (tertiary/aromatic N) is 1. The predicted octanol–water partition coefficient (Wildman–Crippen LogP) is 1.23. The van der Waals surface area contributed by atoms with E-state index in [0.29, 0.717) is 6.54 Å². The quantitative estimate of drug-likeness (QED) is 0.729. The monoisotopic (exact) mass is 235 g/mol. The van der Waals surface area contributed by atoms with Crippen LogP contribution in [0, 0.1) is 0 Å². The Labute approximate surface area is 103 Å². The standard InChI is InChI=1S/C13H21N3O/c1-3-7-16(10-13(17)15-2)9-11-5-4-6-12(14)8-11/h4-6,8H,3,7,9-10,14H2,1-2H3,(H,15,17). The highest BCUT2D eigenvalue weighted by molar-refractivity contribution is 5.77. The average Bonchev–Trinajstić information content (AvgIpc) is 2.29. The minimum absolute atomic E-state index is 0.0438. The fourth-order valence-corrected chi connectivity index (χ4v) is 1.76. The van der Waals surface area contributed by atoms with Crippen molar-refractivity contribution in [2.24, 2.45) is 0 Å². The van der Waals surface area contributed by atoms with E-state index >= 15 is 0 Å². The van der Waals surface area contributed by atoms with Gasteiger partial charge in [-0.1, -0.05) is 19.1 Å². The summed E-state index contributed by atoms with van der Waals surface area (Å²) in [5, 5.41) is 2.65. The smallest absolute Gasteiger partial charge is 0.233 e. The summed E-state index contributed by atoms with van der Waals surface area (Å²) in [6.45, 7) is 4.20. The second kappa shape index (κ2) is 6.91. The zero-order valence-corrected chi connectivity index (χ0v) is 10.6. The van der Waals surface area contributed by atoms with E-state index in [-0.39, 0.29) is 5.91 Å². The summed E-state index contributed by atoms with van der Waals surface area (Å²) < 4.78 is 0. The van der Waals surface area contributed by atoms with E-state index in [0.717, 1.165) is 30.8 Å². The molecule has 0 aliphatic rings. The molecule has 0 unspecified atom stereocenters. The molecule has 4 heteroatoms. The lowest BCUT2D eigenvalue weighted by Gasteiger charge is -2.20. The van der Waals surface area contributed by atoms with Crippen molar-refractivity contribution in [1.29, 1.82) is 0 Å². The zero-order chi connectivity index (χ0) is 12.7. The van der Waals surface area contributed by atoms with Gasteiger partial charge in [0.15, 0.2) is 0 Å². The van der Waals surface area contributed by atoms with Crippen LogP contribution in [0.3, 0.4) is 0 Å². The van der Waals surface area contributed by atoms with Gasteiger partial charge in [-0.05, 0) is 30.7 Å². The summed E-state index contributed by atoms with van der Waals surface area (Å²) in [6, 6.07) is 7.79. The molecule has 0 saturated carbocycles. The Balaban J connectivity index is 2.62. The molecular formula is C13H21N3O. The number of likely N-dealkylation sites (N-methyl/N-ethyl adjacent to an activating group) is 1. The Kier molecular flexibility index (Phi) is 5.49. The number of nitrogen functional groups attached to an aromatic ring is 1. The first kappa shape index (κ1) is 13.5. The van der Waals surface area contributed by atoms with Gasteiger partial charge in [-0.2, -0.15) is 0 Å². The van der Waals surface area contributed by atoms with Crippen molar-refractivity contribution in [2.45, 2.75) is 19.9 Å². The van der Waals surface area contributed by atoms with Gasteiger partial charge in [0.1, 0.15) is 0 Å².